The van der Waals surface area contributed by atoms with Gasteiger partial charge in [-0.05, 0) is 45.4 Å². The summed E-state index contributed by atoms with van der Waals surface area (Å²) in [6.07, 6.45) is 1.62. The van der Waals surface area contributed by atoms with Gasteiger partial charge in [-0.25, -0.2) is 0 Å². The Labute approximate surface area is 149 Å². The van der Waals surface area contributed by atoms with Gasteiger partial charge in [-0.2, -0.15) is 0 Å². The Hall–Kier alpha value is -1.88. The van der Waals surface area contributed by atoms with E-state index in [-0.39, 0.29) is 17.8 Å². The summed E-state index contributed by atoms with van der Waals surface area (Å²) in [5.74, 6) is 0.119. The van der Waals surface area contributed by atoms with Crippen molar-refractivity contribution in [2.75, 3.05) is 39.8 Å². The fourth-order valence-corrected chi connectivity index (χ4v) is 4.46. The Morgan fingerprint density at radius 3 is 2.76 bits per heavy atom. The Bertz CT molecular complexity index is 660. The van der Waals surface area contributed by atoms with Crippen molar-refractivity contribution in [3.63, 3.8) is 0 Å². The number of rotatable bonds is 3. The van der Waals surface area contributed by atoms with Gasteiger partial charge in [0.05, 0.1) is 12.0 Å². The molecule has 0 spiro atoms. The first-order chi connectivity index (χ1) is 12.0. The van der Waals surface area contributed by atoms with E-state index in [1.807, 2.05) is 50.1 Å². The van der Waals surface area contributed by atoms with Gasteiger partial charge >= 0.3 is 5.97 Å². The summed E-state index contributed by atoms with van der Waals surface area (Å²) in [6, 6.07) is 7.72. The molecule has 2 saturated heterocycles. The highest BCUT2D eigenvalue weighted by molar-refractivity contribution is 5.95. The molecule has 2 heterocycles. The molecular formula is C20H28N2O3. The second kappa shape index (κ2) is 7.16. The molecule has 5 heteroatoms. The molecule has 2 aliphatic rings. The van der Waals surface area contributed by atoms with E-state index in [1.165, 1.54) is 0 Å². The maximum atomic E-state index is 13.0. The Balaban J connectivity index is 1.84. The summed E-state index contributed by atoms with van der Waals surface area (Å²) in [4.78, 5) is 29.9. The molecule has 0 N–H and O–H groups in total. The van der Waals surface area contributed by atoms with Crippen molar-refractivity contribution in [1.29, 1.82) is 0 Å². The van der Waals surface area contributed by atoms with Crippen LogP contribution in [0.4, 0.5) is 0 Å². The quantitative estimate of drug-likeness (QED) is 0.790. The number of likely N-dealkylation sites (tertiary alicyclic amines) is 2. The van der Waals surface area contributed by atoms with E-state index in [2.05, 4.69) is 4.90 Å². The molecule has 1 amide bonds. The fourth-order valence-electron chi connectivity index (χ4n) is 4.46. The van der Waals surface area contributed by atoms with Gasteiger partial charge in [0.1, 0.15) is 0 Å². The topological polar surface area (TPSA) is 49.9 Å². The zero-order valence-electron chi connectivity index (χ0n) is 15.5. The summed E-state index contributed by atoms with van der Waals surface area (Å²) in [6.45, 7) is 7.11. The highest BCUT2D eigenvalue weighted by Gasteiger charge is 2.53. The minimum absolute atomic E-state index is 0.0762. The molecule has 0 aromatic heterocycles. The molecule has 0 bridgehead atoms. The van der Waals surface area contributed by atoms with E-state index < -0.39 is 5.41 Å². The van der Waals surface area contributed by atoms with Crippen molar-refractivity contribution < 1.29 is 14.3 Å². The van der Waals surface area contributed by atoms with Crippen LogP contribution in [0.25, 0.3) is 0 Å². The number of esters is 1. The minimum Gasteiger partial charge on any atom is -0.466 e. The SMILES string of the molecule is CCOC(=O)[C@]12CCCN(C(=O)c3ccccc3C)C[C@H]1CN(C)C2. The zero-order chi connectivity index (χ0) is 18.0. The van der Waals surface area contributed by atoms with Crippen LogP contribution in [-0.4, -0.2) is 61.5 Å². The molecule has 0 radical (unpaired) electrons. The number of carbonyl (C=O) groups excluding carboxylic acids is 2. The first-order valence-electron chi connectivity index (χ1n) is 9.18. The Kier molecular flexibility index (Phi) is 5.13. The van der Waals surface area contributed by atoms with Gasteiger partial charge in [0.15, 0.2) is 0 Å². The van der Waals surface area contributed by atoms with Crippen molar-refractivity contribution in [3.8, 4) is 0 Å². The average Bonchev–Trinajstić information content (AvgIpc) is 2.79. The largest absolute Gasteiger partial charge is 0.466 e. The molecule has 1 aromatic rings. The van der Waals surface area contributed by atoms with E-state index >= 15 is 0 Å². The van der Waals surface area contributed by atoms with Gasteiger partial charge in [0.2, 0.25) is 0 Å². The summed E-state index contributed by atoms with van der Waals surface area (Å²) in [5, 5.41) is 0. The van der Waals surface area contributed by atoms with Gasteiger partial charge in [-0.15, -0.1) is 0 Å². The number of hydrogen-bond acceptors (Lipinski definition) is 4. The lowest BCUT2D eigenvalue weighted by Crippen LogP contribution is -2.43. The standard InChI is InChI=1S/C20H28N2O3/c1-4-25-19(24)20-10-7-11-22(13-16(20)12-21(3)14-20)18(23)17-9-6-5-8-15(17)2/h5-6,8-9,16H,4,7,10-14H2,1-3H3/t16-,20+/m1/s1. The minimum atomic E-state index is -0.467. The monoisotopic (exact) mass is 344 g/mol. The summed E-state index contributed by atoms with van der Waals surface area (Å²) in [7, 11) is 2.04. The highest BCUT2D eigenvalue weighted by Crippen LogP contribution is 2.43. The third kappa shape index (κ3) is 3.30. The molecular weight excluding hydrogens is 316 g/mol. The summed E-state index contributed by atoms with van der Waals surface area (Å²) < 4.78 is 5.42. The number of nitrogens with zero attached hydrogens (tertiary/aromatic N) is 2. The van der Waals surface area contributed by atoms with Crippen LogP contribution in [-0.2, 0) is 9.53 Å². The normalized spacial score (nSPS) is 26.8. The highest BCUT2D eigenvalue weighted by atomic mass is 16.5. The van der Waals surface area contributed by atoms with Crippen LogP contribution in [0, 0.1) is 18.3 Å². The summed E-state index contributed by atoms with van der Waals surface area (Å²) >= 11 is 0. The average molecular weight is 344 g/mol. The third-order valence-corrected chi connectivity index (χ3v) is 5.70. The molecule has 3 rings (SSSR count). The van der Waals surface area contributed by atoms with Crippen molar-refractivity contribution in [2.24, 2.45) is 11.3 Å². The zero-order valence-corrected chi connectivity index (χ0v) is 15.5. The maximum Gasteiger partial charge on any atom is 0.313 e. The lowest BCUT2D eigenvalue weighted by Gasteiger charge is -2.31. The molecule has 0 aliphatic carbocycles. The van der Waals surface area contributed by atoms with E-state index in [9.17, 15) is 9.59 Å². The van der Waals surface area contributed by atoms with Crippen LogP contribution < -0.4 is 0 Å². The van der Waals surface area contributed by atoms with Crippen molar-refractivity contribution >= 4 is 11.9 Å². The predicted octanol–water partition coefficient (Wildman–Crippen LogP) is 2.34. The lowest BCUT2D eigenvalue weighted by atomic mass is 9.75. The molecule has 2 atom stereocenters. The van der Waals surface area contributed by atoms with Crippen LogP contribution in [0.3, 0.4) is 0 Å². The van der Waals surface area contributed by atoms with Crippen molar-refractivity contribution in [3.05, 3.63) is 35.4 Å². The van der Waals surface area contributed by atoms with Crippen LogP contribution in [0.2, 0.25) is 0 Å². The lowest BCUT2D eigenvalue weighted by molar-refractivity contribution is -0.157. The predicted molar refractivity (Wildman–Crippen MR) is 96.4 cm³/mol. The van der Waals surface area contributed by atoms with Crippen LogP contribution in [0.15, 0.2) is 24.3 Å². The molecule has 2 aliphatic heterocycles. The number of hydrogen-bond donors (Lipinski definition) is 0. The second-order valence-electron chi connectivity index (χ2n) is 7.44. The molecule has 0 saturated carbocycles. The molecule has 1 aromatic carbocycles. The van der Waals surface area contributed by atoms with E-state index in [4.69, 9.17) is 4.74 Å². The molecule has 2 fully saturated rings. The van der Waals surface area contributed by atoms with Crippen LogP contribution in [0.5, 0.6) is 0 Å². The second-order valence-corrected chi connectivity index (χ2v) is 7.44. The van der Waals surface area contributed by atoms with Gasteiger partial charge in [0, 0.05) is 37.7 Å². The Morgan fingerprint density at radius 1 is 1.28 bits per heavy atom. The number of amides is 1. The van der Waals surface area contributed by atoms with Gasteiger partial charge in [-0.1, -0.05) is 18.2 Å². The molecule has 25 heavy (non-hydrogen) atoms. The van der Waals surface area contributed by atoms with Crippen molar-refractivity contribution in [2.45, 2.75) is 26.7 Å². The van der Waals surface area contributed by atoms with Gasteiger partial charge in [0.25, 0.3) is 5.91 Å². The van der Waals surface area contributed by atoms with E-state index in [1.54, 1.807) is 0 Å². The third-order valence-electron chi connectivity index (χ3n) is 5.70. The number of benzene rings is 1. The molecule has 5 nitrogen and oxygen atoms in total. The van der Waals surface area contributed by atoms with E-state index in [0.29, 0.717) is 19.7 Å². The van der Waals surface area contributed by atoms with Gasteiger partial charge in [-0.3, -0.25) is 9.59 Å². The molecule has 136 valence electrons. The van der Waals surface area contributed by atoms with E-state index in [0.717, 1.165) is 37.1 Å². The van der Waals surface area contributed by atoms with Crippen molar-refractivity contribution in [1.82, 2.24) is 9.80 Å². The number of carbonyl (C=O) groups is 2. The number of ether oxygens (including phenoxy) is 1. The summed E-state index contributed by atoms with van der Waals surface area (Å²) in [5.41, 5.74) is 1.29. The Morgan fingerprint density at radius 2 is 2.04 bits per heavy atom. The first kappa shape index (κ1) is 17.9. The fraction of sp³-hybridized carbons (Fsp3) is 0.600. The van der Waals surface area contributed by atoms with Gasteiger partial charge < -0.3 is 14.5 Å². The maximum absolute atomic E-state index is 13.0. The smallest absolute Gasteiger partial charge is 0.313 e. The molecule has 0 unspecified atom stereocenters. The number of fused-ring (bicyclic) bond motifs is 1. The van der Waals surface area contributed by atoms with Crippen LogP contribution >= 0.6 is 0 Å². The van der Waals surface area contributed by atoms with Crippen LogP contribution in [0.1, 0.15) is 35.7 Å². The first-order valence-corrected chi connectivity index (χ1v) is 9.18. The number of aryl methyl sites for hydroxylation is 1.